The minimum absolute atomic E-state index is 0.625. The Labute approximate surface area is 46.2 Å². The Morgan fingerprint density at radius 3 is 2.29 bits per heavy atom. The Hall–Kier alpha value is -0.0900. The lowest BCUT2D eigenvalue weighted by Crippen LogP contribution is -2.13. The molecule has 0 aliphatic carbocycles. The molecule has 7 heavy (non-hydrogen) atoms. The van der Waals surface area contributed by atoms with E-state index in [9.17, 15) is 8.42 Å². The van der Waals surface area contributed by atoms with Crippen LogP contribution in [0.15, 0.2) is 0 Å². The minimum Gasteiger partial charge on any atom is -0.329 e. The van der Waals surface area contributed by atoms with Crippen LogP contribution in [0.4, 0.5) is 0 Å². The van der Waals surface area contributed by atoms with Gasteiger partial charge in [-0.25, -0.2) is 8.42 Å². The van der Waals surface area contributed by atoms with Crippen LogP contribution in [0.2, 0.25) is 0 Å². The predicted molar refractivity (Wildman–Crippen MR) is 28.8 cm³/mol. The summed E-state index contributed by atoms with van der Waals surface area (Å²) in [5.41, 5.74) is 4.78. The fourth-order valence-corrected chi connectivity index (χ4v) is 0.454. The Morgan fingerprint density at radius 1 is 1.86 bits per heavy atom. The van der Waals surface area contributed by atoms with E-state index >= 15 is 0 Å². The lowest BCUT2D eigenvalue weighted by atomic mass is 10.8. The van der Waals surface area contributed by atoms with E-state index in [0.29, 0.717) is 0 Å². The molecule has 0 atom stereocenters. The van der Waals surface area contributed by atoms with Gasteiger partial charge in [0.2, 0.25) is 0 Å². The van der Waals surface area contributed by atoms with Crippen molar-refractivity contribution in [3.63, 3.8) is 0 Å². The lowest BCUT2D eigenvalue weighted by molar-refractivity contribution is 0.601. The quantitative estimate of drug-likeness (QED) is 0.514. The summed E-state index contributed by atoms with van der Waals surface area (Å²) in [6.07, 6.45) is 0.942. The lowest BCUT2D eigenvalue weighted by Gasteiger charge is -1.87. The maximum atomic E-state index is 10.3. The van der Waals surface area contributed by atoms with Gasteiger partial charge in [0.15, 0.2) is 0 Å². The molecule has 2 N–H and O–H groups in total. The second kappa shape index (κ2) is 2.28. The largest absolute Gasteiger partial charge is 0.329 e. The van der Waals surface area contributed by atoms with Gasteiger partial charge in [-0.05, 0) is 0 Å². The summed E-state index contributed by atoms with van der Waals surface area (Å²) in [7, 11) is -3.28. The Balaban J connectivity index is 4.07. The maximum Gasteiger partial charge on any atom is 0.148 e. The fraction of sp³-hybridized carbons (Fsp3) is 1.00. The minimum atomic E-state index is -3.28. The van der Waals surface area contributed by atoms with E-state index in [1.807, 2.05) is 0 Å². The zero-order chi connectivity index (χ0) is 7.71. The summed E-state index contributed by atoms with van der Waals surface area (Å²) >= 11 is 0. The highest BCUT2D eigenvalue weighted by Gasteiger charge is 1.95. The third-order valence-electron chi connectivity index (χ3n) is 0.346. The monoisotopic (exact) mass is 125 g/mol. The summed E-state index contributed by atoms with van der Waals surface area (Å²) in [5, 5.41) is 0. The van der Waals surface area contributed by atoms with Crippen molar-refractivity contribution in [3.8, 4) is 0 Å². The SMILES string of the molecule is [2H]C([2H])(N)CS(C)(=O)=O. The summed E-state index contributed by atoms with van der Waals surface area (Å²) in [4.78, 5) is 0. The molecule has 0 aromatic rings. The molecule has 0 aliphatic heterocycles. The summed E-state index contributed by atoms with van der Waals surface area (Å²) in [5.74, 6) is -0.625. The van der Waals surface area contributed by atoms with Crippen molar-refractivity contribution >= 4 is 9.84 Å². The molecule has 0 heterocycles. The van der Waals surface area contributed by atoms with E-state index in [-0.39, 0.29) is 0 Å². The molecule has 0 saturated carbocycles. The number of rotatable bonds is 2. The predicted octanol–water partition coefficient (Wildman–Crippen LogP) is -1.01. The van der Waals surface area contributed by atoms with Gasteiger partial charge in [-0.2, -0.15) is 0 Å². The highest BCUT2D eigenvalue weighted by molar-refractivity contribution is 7.90. The van der Waals surface area contributed by atoms with Crippen LogP contribution in [0.3, 0.4) is 0 Å². The van der Waals surface area contributed by atoms with Gasteiger partial charge in [0.1, 0.15) is 9.84 Å². The van der Waals surface area contributed by atoms with E-state index in [1.165, 1.54) is 0 Å². The Morgan fingerprint density at radius 2 is 2.29 bits per heavy atom. The van der Waals surface area contributed by atoms with Crippen molar-refractivity contribution in [1.82, 2.24) is 0 Å². The van der Waals surface area contributed by atoms with Gasteiger partial charge >= 0.3 is 0 Å². The first-order valence-electron chi connectivity index (χ1n) is 2.67. The zero-order valence-electron chi connectivity index (χ0n) is 6.01. The van der Waals surface area contributed by atoms with Crippen molar-refractivity contribution in [2.45, 2.75) is 0 Å². The van der Waals surface area contributed by atoms with Crippen molar-refractivity contribution in [2.75, 3.05) is 18.5 Å². The molecule has 0 aromatic heterocycles. The van der Waals surface area contributed by atoms with Crippen LogP contribution in [0.25, 0.3) is 0 Å². The van der Waals surface area contributed by atoms with Gasteiger partial charge < -0.3 is 5.73 Å². The van der Waals surface area contributed by atoms with E-state index < -0.39 is 22.1 Å². The van der Waals surface area contributed by atoms with Crippen LogP contribution in [0.1, 0.15) is 2.74 Å². The molecule has 4 heteroatoms. The average Bonchev–Trinajstić information content (AvgIpc) is 1.14. The first-order valence-corrected chi connectivity index (χ1v) is 3.73. The number of nitrogens with two attached hydrogens (primary N) is 1. The van der Waals surface area contributed by atoms with Crippen LogP contribution >= 0.6 is 0 Å². The number of sulfone groups is 1. The molecule has 0 amide bonds. The molecule has 0 radical (unpaired) electrons. The molecule has 0 unspecified atom stereocenters. The second-order valence-electron chi connectivity index (χ2n) is 1.27. The van der Waals surface area contributed by atoms with Gasteiger partial charge in [-0.3, -0.25) is 0 Å². The number of hydrogen-bond acceptors (Lipinski definition) is 3. The van der Waals surface area contributed by atoms with E-state index in [4.69, 9.17) is 8.48 Å². The van der Waals surface area contributed by atoms with Crippen LogP contribution in [0.5, 0.6) is 0 Å². The second-order valence-corrected chi connectivity index (χ2v) is 3.41. The third-order valence-corrected chi connectivity index (χ3v) is 1.04. The zero-order valence-corrected chi connectivity index (χ0v) is 4.83. The van der Waals surface area contributed by atoms with Gasteiger partial charge in [-0.15, -0.1) is 0 Å². The molecule has 0 bridgehead atoms. The first-order chi connectivity index (χ1) is 3.71. The molecule has 0 spiro atoms. The van der Waals surface area contributed by atoms with Crippen molar-refractivity contribution in [2.24, 2.45) is 5.73 Å². The third kappa shape index (κ3) is 5.91. The number of hydrogen-bond donors (Lipinski definition) is 1. The van der Waals surface area contributed by atoms with Gasteiger partial charge in [0, 0.05) is 15.5 Å². The van der Waals surface area contributed by atoms with Crippen LogP contribution in [-0.2, 0) is 9.84 Å². The van der Waals surface area contributed by atoms with Crippen molar-refractivity contribution in [1.29, 1.82) is 0 Å². The van der Waals surface area contributed by atoms with Crippen LogP contribution < -0.4 is 5.73 Å². The molecule has 0 rings (SSSR count). The molecule has 0 fully saturated rings. The average molecular weight is 125 g/mol. The topological polar surface area (TPSA) is 60.2 Å². The normalized spacial score (nSPS) is 18.0. The van der Waals surface area contributed by atoms with Crippen molar-refractivity contribution < 1.29 is 11.2 Å². The molecule has 44 valence electrons. The smallest absolute Gasteiger partial charge is 0.148 e. The van der Waals surface area contributed by atoms with Crippen LogP contribution in [0, 0.1) is 0 Å². The first kappa shape index (κ1) is 3.86. The van der Waals surface area contributed by atoms with E-state index in [0.717, 1.165) is 6.26 Å². The maximum absolute atomic E-state index is 10.3. The van der Waals surface area contributed by atoms with E-state index in [2.05, 4.69) is 0 Å². The molecular weight excluding hydrogens is 114 g/mol. The molecule has 3 nitrogen and oxygen atoms in total. The molecular formula is C3H9NO2S. The van der Waals surface area contributed by atoms with Crippen LogP contribution in [-0.4, -0.2) is 26.9 Å². The van der Waals surface area contributed by atoms with Gasteiger partial charge in [0.05, 0.1) is 5.75 Å². The summed E-state index contributed by atoms with van der Waals surface area (Å²) in [6.45, 7) is -2.10. The Bertz CT molecular complexity index is 180. The summed E-state index contributed by atoms with van der Waals surface area (Å²) < 4.78 is 34.0. The standard InChI is InChI=1S/C3H9NO2S/c1-7(5,6)3-2-4/h2-4H2,1H3/i2D2. The fourth-order valence-electron chi connectivity index (χ4n) is 0.151. The Kier molecular flexibility index (Phi) is 1.25. The van der Waals surface area contributed by atoms with Gasteiger partial charge in [0.25, 0.3) is 0 Å². The summed E-state index contributed by atoms with van der Waals surface area (Å²) in [6, 6.07) is 0. The highest BCUT2D eigenvalue weighted by Crippen LogP contribution is 1.75. The van der Waals surface area contributed by atoms with Gasteiger partial charge in [-0.1, -0.05) is 0 Å². The molecule has 0 aliphatic rings. The molecule has 0 aromatic carbocycles. The molecule has 0 saturated heterocycles. The van der Waals surface area contributed by atoms with Crippen molar-refractivity contribution in [3.05, 3.63) is 0 Å². The highest BCUT2D eigenvalue weighted by atomic mass is 32.2. The van der Waals surface area contributed by atoms with E-state index in [1.54, 1.807) is 0 Å².